The van der Waals surface area contributed by atoms with Crippen LogP contribution in [0, 0.1) is 19.3 Å². The number of anilines is 1. The van der Waals surface area contributed by atoms with E-state index >= 15 is 0 Å². The van der Waals surface area contributed by atoms with E-state index in [9.17, 15) is 9.90 Å². The van der Waals surface area contributed by atoms with E-state index in [2.05, 4.69) is 5.92 Å². The molecule has 1 unspecified atom stereocenters. The maximum Gasteiger partial charge on any atom is 0.269 e. The standard InChI is InChI=1S/C19H17NO3/c1-3-9-20-16-12-15(21)7-8-17(16)23-18(19(20)22)11-14-6-4-5-13(2)10-14/h1,4-8,10,12,18,21H,9,11H2,2H3. The SMILES string of the molecule is C#CCN1C(=O)C(Cc2cccc(C)c2)Oc2ccc(O)cc21. The van der Waals surface area contributed by atoms with Gasteiger partial charge in [0, 0.05) is 12.5 Å². The number of carbonyl (C=O) groups excluding carboxylic acids is 1. The third-order valence-electron chi connectivity index (χ3n) is 3.80. The van der Waals surface area contributed by atoms with Gasteiger partial charge in [-0.2, -0.15) is 0 Å². The second-order valence-electron chi connectivity index (χ2n) is 5.58. The molecule has 0 spiro atoms. The molecule has 1 amide bonds. The van der Waals surface area contributed by atoms with Crippen LogP contribution in [0.1, 0.15) is 11.1 Å². The number of fused-ring (bicyclic) bond motifs is 1. The second-order valence-corrected chi connectivity index (χ2v) is 5.58. The Kier molecular flexibility index (Phi) is 3.94. The fourth-order valence-corrected chi connectivity index (χ4v) is 2.75. The van der Waals surface area contributed by atoms with Gasteiger partial charge in [-0.25, -0.2) is 0 Å². The van der Waals surface area contributed by atoms with Crippen LogP contribution in [0.2, 0.25) is 0 Å². The fraction of sp³-hybridized carbons (Fsp3) is 0.211. The number of hydrogen-bond acceptors (Lipinski definition) is 3. The number of aryl methyl sites for hydroxylation is 1. The highest BCUT2D eigenvalue weighted by Gasteiger charge is 2.34. The second kappa shape index (κ2) is 6.05. The highest BCUT2D eigenvalue weighted by molar-refractivity contribution is 6.00. The number of benzene rings is 2. The molecule has 1 aliphatic rings. The Morgan fingerprint density at radius 1 is 1.30 bits per heavy atom. The number of amides is 1. The highest BCUT2D eigenvalue weighted by atomic mass is 16.5. The van der Waals surface area contributed by atoms with Crippen molar-refractivity contribution in [2.75, 3.05) is 11.4 Å². The molecule has 0 saturated heterocycles. The maximum absolute atomic E-state index is 12.7. The minimum atomic E-state index is -0.623. The molecule has 0 radical (unpaired) electrons. The lowest BCUT2D eigenvalue weighted by atomic mass is 10.0. The lowest BCUT2D eigenvalue weighted by Crippen LogP contribution is -2.47. The Morgan fingerprint density at radius 3 is 2.87 bits per heavy atom. The van der Waals surface area contributed by atoms with Gasteiger partial charge in [-0.3, -0.25) is 9.69 Å². The maximum atomic E-state index is 12.7. The molecular formula is C19H17NO3. The van der Waals surface area contributed by atoms with E-state index < -0.39 is 6.10 Å². The first-order valence-corrected chi connectivity index (χ1v) is 7.38. The van der Waals surface area contributed by atoms with Crippen LogP contribution in [-0.4, -0.2) is 23.7 Å². The Balaban J connectivity index is 1.93. The van der Waals surface area contributed by atoms with Crippen molar-refractivity contribution in [1.82, 2.24) is 0 Å². The van der Waals surface area contributed by atoms with E-state index in [0.717, 1.165) is 11.1 Å². The molecule has 0 saturated carbocycles. The Labute approximate surface area is 135 Å². The Bertz CT molecular complexity index is 791. The average molecular weight is 307 g/mol. The first kappa shape index (κ1) is 15.0. The molecule has 0 aromatic heterocycles. The van der Waals surface area contributed by atoms with Gasteiger partial charge < -0.3 is 9.84 Å². The lowest BCUT2D eigenvalue weighted by Gasteiger charge is -2.33. The summed E-state index contributed by atoms with van der Waals surface area (Å²) in [6.07, 6.45) is 5.24. The lowest BCUT2D eigenvalue weighted by molar-refractivity contribution is -0.126. The van der Waals surface area contributed by atoms with E-state index in [-0.39, 0.29) is 18.2 Å². The summed E-state index contributed by atoms with van der Waals surface area (Å²) < 4.78 is 5.85. The molecule has 1 atom stereocenters. The van der Waals surface area contributed by atoms with Crippen LogP contribution >= 0.6 is 0 Å². The zero-order valence-corrected chi connectivity index (χ0v) is 12.8. The number of aromatic hydroxyl groups is 1. The summed E-state index contributed by atoms with van der Waals surface area (Å²) in [5.74, 6) is 2.92. The van der Waals surface area contributed by atoms with Crippen molar-refractivity contribution < 1.29 is 14.6 Å². The van der Waals surface area contributed by atoms with Crippen molar-refractivity contribution >= 4 is 11.6 Å². The normalized spacial score (nSPS) is 16.4. The summed E-state index contributed by atoms with van der Waals surface area (Å²) in [6, 6.07) is 12.7. The van der Waals surface area contributed by atoms with E-state index in [0.29, 0.717) is 17.9 Å². The van der Waals surface area contributed by atoms with Crippen LogP contribution in [-0.2, 0) is 11.2 Å². The van der Waals surface area contributed by atoms with Crippen molar-refractivity contribution in [2.24, 2.45) is 0 Å². The number of nitrogens with zero attached hydrogens (tertiary/aromatic N) is 1. The molecule has 2 aromatic rings. The van der Waals surface area contributed by atoms with Crippen molar-refractivity contribution in [3.05, 3.63) is 53.6 Å². The molecule has 1 N–H and O–H groups in total. The monoisotopic (exact) mass is 307 g/mol. The highest BCUT2D eigenvalue weighted by Crippen LogP contribution is 2.37. The van der Waals surface area contributed by atoms with Gasteiger partial charge in [0.05, 0.1) is 12.2 Å². The third-order valence-corrected chi connectivity index (χ3v) is 3.80. The number of ether oxygens (including phenoxy) is 1. The summed E-state index contributed by atoms with van der Waals surface area (Å²) in [6.45, 7) is 2.15. The molecule has 1 heterocycles. The van der Waals surface area contributed by atoms with Crippen LogP contribution in [0.3, 0.4) is 0 Å². The molecular weight excluding hydrogens is 290 g/mol. The van der Waals surface area contributed by atoms with E-state index in [1.165, 1.54) is 17.0 Å². The van der Waals surface area contributed by atoms with Crippen molar-refractivity contribution in [3.63, 3.8) is 0 Å². The van der Waals surface area contributed by atoms with Gasteiger partial charge in [0.1, 0.15) is 11.5 Å². The van der Waals surface area contributed by atoms with Gasteiger partial charge in [-0.1, -0.05) is 35.7 Å². The summed E-state index contributed by atoms with van der Waals surface area (Å²) in [5.41, 5.74) is 2.68. The third kappa shape index (κ3) is 3.00. The molecule has 0 bridgehead atoms. The molecule has 0 aliphatic carbocycles. The van der Waals surface area contributed by atoms with Gasteiger partial charge in [0.25, 0.3) is 5.91 Å². The molecule has 4 nitrogen and oxygen atoms in total. The summed E-state index contributed by atoms with van der Waals surface area (Å²) >= 11 is 0. The van der Waals surface area contributed by atoms with E-state index in [4.69, 9.17) is 11.2 Å². The summed E-state index contributed by atoms with van der Waals surface area (Å²) in [5, 5.41) is 9.65. The van der Waals surface area contributed by atoms with Crippen LogP contribution in [0.25, 0.3) is 0 Å². The predicted molar refractivity (Wildman–Crippen MR) is 88.6 cm³/mol. The fourth-order valence-electron chi connectivity index (χ4n) is 2.75. The summed E-state index contributed by atoms with van der Waals surface area (Å²) in [4.78, 5) is 14.2. The molecule has 2 aromatic carbocycles. The number of phenols is 1. The minimum absolute atomic E-state index is 0.0688. The van der Waals surface area contributed by atoms with E-state index in [1.54, 1.807) is 6.07 Å². The van der Waals surface area contributed by atoms with Crippen LogP contribution in [0.4, 0.5) is 5.69 Å². The average Bonchev–Trinajstić information content (AvgIpc) is 2.52. The topological polar surface area (TPSA) is 49.8 Å². The Morgan fingerprint density at radius 2 is 2.13 bits per heavy atom. The van der Waals surface area contributed by atoms with Crippen molar-refractivity contribution in [1.29, 1.82) is 0 Å². The first-order valence-electron chi connectivity index (χ1n) is 7.38. The summed E-state index contributed by atoms with van der Waals surface area (Å²) in [7, 11) is 0. The Hall–Kier alpha value is -2.93. The van der Waals surface area contributed by atoms with Crippen molar-refractivity contribution in [3.8, 4) is 23.8 Å². The number of hydrogen-bond donors (Lipinski definition) is 1. The number of carbonyl (C=O) groups is 1. The van der Waals surface area contributed by atoms with E-state index in [1.807, 2.05) is 31.2 Å². The van der Waals surface area contributed by atoms with Gasteiger partial charge in [-0.05, 0) is 24.6 Å². The zero-order chi connectivity index (χ0) is 16.4. The smallest absolute Gasteiger partial charge is 0.269 e. The molecule has 23 heavy (non-hydrogen) atoms. The van der Waals surface area contributed by atoms with Gasteiger partial charge in [0.15, 0.2) is 6.10 Å². The number of terminal acetylenes is 1. The first-order chi connectivity index (χ1) is 11.1. The van der Waals surface area contributed by atoms with Crippen LogP contribution in [0.15, 0.2) is 42.5 Å². The minimum Gasteiger partial charge on any atom is -0.508 e. The van der Waals surface area contributed by atoms with Crippen molar-refractivity contribution in [2.45, 2.75) is 19.4 Å². The van der Waals surface area contributed by atoms with Crippen LogP contribution in [0.5, 0.6) is 11.5 Å². The molecule has 0 fully saturated rings. The molecule has 4 heteroatoms. The van der Waals surface area contributed by atoms with Gasteiger partial charge >= 0.3 is 0 Å². The number of phenolic OH excluding ortho intramolecular Hbond substituents is 1. The molecule has 1 aliphatic heterocycles. The number of rotatable bonds is 3. The largest absolute Gasteiger partial charge is 0.508 e. The zero-order valence-electron chi connectivity index (χ0n) is 12.8. The van der Waals surface area contributed by atoms with Gasteiger partial charge in [0.2, 0.25) is 0 Å². The van der Waals surface area contributed by atoms with Gasteiger partial charge in [-0.15, -0.1) is 6.42 Å². The molecule has 3 rings (SSSR count). The molecule has 116 valence electrons. The quantitative estimate of drug-likeness (QED) is 0.887. The predicted octanol–water partition coefficient (Wildman–Crippen LogP) is 2.67. The van der Waals surface area contributed by atoms with Crippen LogP contribution < -0.4 is 9.64 Å².